The summed E-state index contributed by atoms with van der Waals surface area (Å²) in [6.07, 6.45) is 0. The Morgan fingerprint density at radius 1 is 1.32 bits per heavy atom. The summed E-state index contributed by atoms with van der Waals surface area (Å²) in [5, 5.41) is 3.01. The van der Waals surface area contributed by atoms with Crippen LogP contribution in [0.4, 0.5) is 0 Å². The quantitative estimate of drug-likeness (QED) is 0.848. The smallest absolute Gasteiger partial charge is 0.236 e. The van der Waals surface area contributed by atoms with Crippen LogP contribution in [0, 0.1) is 0 Å². The fourth-order valence-corrected chi connectivity index (χ4v) is 2.62. The molecule has 0 radical (unpaired) electrons. The van der Waals surface area contributed by atoms with Crippen molar-refractivity contribution in [2.45, 2.75) is 24.3 Å². The number of halogens is 1. The highest BCUT2D eigenvalue weighted by Crippen LogP contribution is 2.15. The molecule has 1 rings (SSSR count). The Bertz CT molecular complexity index is 553. The number of carbonyl (C=O) groups excluding carboxylic acids is 1. The Labute approximate surface area is 118 Å². The van der Waals surface area contributed by atoms with E-state index in [4.69, 9.17) is 17.3 Å². The summed E-state index contributed by atoms with van der Waals surface area (Å²) in [6, 6.07) is 5.68. The van der Waals surface area contributed by atoms with Gasteiger partial charge in [0.25, 0.3) is 0 Å². The minimum Gasteiger partial charge on any atom is -0.349 e. The van der Waals surface area contributed by atoms with E-state index in [-0.39, 0.29) is 11.4 Å². The van der Waals surface area contributed by atoms with Gasteiger partial charge in [-0.1, -0.05) is 11.6 Å². The van der Waals surface area contributed by atoms with Gasteiger partial charge in [-0.05, 0) is 38.1 Å². The van der Waals surface area contributed by atoms with Crippen LogP contribution in [0.25, 0.3) is 0 Å². The molecule has 0 bridgehead atoms. The number of carbonyl (C=O) groups is 1. The van der Waals surface area contributed by atoms with Crippen LogP contribution in [0.1, 0.15) is 13.8 Å². The van der Waals surface area contributed by atoms with Gasteiger partial charge in [0, 0.05) is 17.1 Å². The summed E-state index contributed by atoms with van der Waals surface area (Å²) in [7, 11) is -3.67. The molecule has 0 heterocycles. The van der Waals surface area contributed by atoms with Crippen LogP contribution in [0.15, 0.2) is 29.2 Å². The maximum atomic E-state index is 12.0. The molecular weight excluding hydrogens is 288 g/mol. The number of hydrogen-bond acceptors (Lipinski definition) is 4. The third-order valence-electron chi connectivity index (χ3n) is 2.48. The maximum Gasteiger partial charge on any atom is 0.236 e. The van der Waals surface area contributed by atoms with Crippen molar-refractivity contribution in [2.24, 2.45) is 5.73 Å². The zero-order valence-corrected chi connectivity index (χ0v) is 12.4. The molecule has 0 saturated heterocycles. The van der Waals surface area contributed by atoms with Gasteiger partial charge in [-0.25, -0.2) is 8.42 Å². The monoisotopic (exact) mass is 304 g/mol. The predicted molar refractivity (Wildman–Crippen MR) is 74.8 cm³/mol. The highest BCUT2D eigenvalue weighted by atomic mass is 35.5. The van der Waals surface area contributed by atoms with Crippen molar-refractivity contribution in [1.29, 1.82) is 0 Å². The molecule has 0 aliphatic heterocycles. The predicted octanol–water partition coefficient (Wildman–Crippen LogP) is 0.967. The van der Waals surface area contributed by atoms with Crippen LogP contribution in [-0.4, -0.2) is 32.2 Å². The Balaban J connectivity index is 2.81. The molecule has 0 aliphatic rings. The molecule has 1 aromatic rings. The molecule has 0 atom stereocenters. The van der Waals surface area contributed by atoms with E-state index < -0.39 is 27.0 Å². The second-order valence-corrected chi connectivity index (χ2v) is 7.28. The third kappa shape index (κ3) is 4.81. The molecule has 1 aromatic carbocycles. The molecule has 1 amide bonds. The van der Waals surface area contributed by atoms with Crippen molar-refractivity contribution in [3.8, 4) is 0 Å². The molecule has 0 spiro atoms. The lowest BCUT2D eigenvalue weighted by Crippen LogP contribution is -2.50. The van der Waals surface area contributed by atoms with Gasteiger partial charge < -0.3 is 11.1 Å². The van der Waals surface area contributed by atoms with E-state index in [0.29, 0.717) is 5.02 Å². The summed E-state index contributed by atoms with van der Waals surface area (Å²) in [5.41, 5.74) is 4.83. The molecule has 106 valence electrons. The SMILES string of the molecule is CC(C)(CN)NC(=O)CS(=O)(=O)c1ccc(Cl)cc1. The number of benzene rings is 1. The summed E-state index contributed by atoms with van der Waals surface area (Å²) >= 11 is 5.69. The number of rotatable bonds is 5. The number of amides is 1. The van der Waals surface area contributed by atoms with Crippen molar-refractivity contribution in [1.82, 2.24) is 5.32 Å². The molecule has 0 aromatic heterocycles. The van der Waals surface area contributed by atoms with Crippen molar-refractivity contribution >= 4 is 27.3 Å². The molecular formula is C12H17ClN2O3S. The summed E-state index contributed by atoms with van der Waals surface area (Å²) in [4.78, 5) is 11.8. The van der Waals surface area contributed by atoms with Crippen LogP contribution in [0.3, 0.4) is 0 Å². The van der Waals surface area contributed by atoms with Gasteiger partial charge in [0.2, 0.25) is 5.91 Å². The molecule has 0 saturated carbocycles. The molecule has 5 nitrogen and oxygen atoms in total. The Morgan fingerprint density at radius 3 is 2.32 bits per heavy atom. The standard InChI is InChI=1S/C12H17ClN2O3S/c1-12(2,8-14)15-11(16)7-19(17,18)10-5-3-9(13)4-6-10/h3-6H,7-8,14H2,1-2H3,(H,15,16). The molecule has 19 heavy (non-hydrogen) atoms. The largest absolute Gasteiger partial charge is 0.349 e. The highest BCUT2D eigenvalue weighted by molar-refractivity contribution is 7.92. The van der Waals surface area contributed by atoms with Gasteiger partial charge in [-0.15, -0.1) is 0 Å². The first-order chi connectivity index (χ1) is 8.66. The van der Waals surface area contributed by atoms with Gasteiger partial charge in [0.15, 0.2) is 9.84 Å². The van der Waals surface area contributed by atoms with Crippen LogP contribution in [0.2, 0.25) is 5.02 Å². The number of sulfone groups is 1. The fraction of sp³-hybridized carbons (Fsp3) is 0.417. The second kappa shape index (κ2) is 5.90. The van der Waals surface area contributed by atoms with Gasteiger partial charge in [-0.2, -0.15) is 0 Å². The maximum absolute atomic E-state index is 12.0. The minimum absolute atomic E-state index is 0.0672. The van der Waals surface area contributed by atoms with Crippen molar-refractivity contribution in [3.63, 3.8) is 0 Å². The lowest BCUT2D eigenvalue weighted by molar-refractivity contribution is -0.120. The van der Waals surface area contributed by atoms with E-state index in [9.17, 15) is 13.2 Å². The van der Waals surface area contributed by atoms with E-state index in [0.717, 1.165) is 0 Å². The van der Waals surface area contributed by atoms with Gasteiger partial charge in [-0.3, -0.25) is 4.79 Å². The topological polar surface area (TPSA) is 89.3 Å². The average Bonchev–Trinajstić information content (AvgIpc) is 2.28. The summed E-state index contributed by atoms with van der Waals surface area (Å²) in [6.45, 7) is 3.67. The number of nitrogens with two attached hydrogens (primary N) is 1. The average molecular weight is 305 g/mol. The Hall–Kier alpha value is -1.11. The van der Waals surface area contributed by atoms with Gasteiger partial charge in [0.05, 0.1) is 4.90 Å². The van der Waals surface area contributed by atoms with Crippen molar-refractivity contribution < 1.29 is 13.2 Å². The number of hydrogen-bond donors (Lipinski definition) is 2. The van der Waals surface area contributed by atoms with Crippen LogP contribution >= 0.6 is 11.6 Å². The first-order valence-electron chi connectivity index (χ1n) is 5.66. The lowest BCUT2D eigenvalue weighted by Gasteiger charge is -2.24. The molecule has 0 unspecified atom stereocenters. The first kappa shape index (κ1) is 15.9. The zero-order chi connectivity index (χ0) is 14.7. The molecule has 0 fully saturated rings. The molecule has 3 N–H and O–H groups in total. The van der Waals surface area contributed by atoms with Crippen LogP contribution in [0.5, 0.6) is 0 Å². The van der Waals surface area contributed by atoms with Crippen LogP contribution < -0.4 is 11.1 Å². The fourth-order valence-electron chi connectivity index (χ4n) is 1.36. The van der Waals surface area contributed by atoms with E-state index in [1.54, 1.807) is 13.8 Å². The summed E-state index contributed by atoms with van der Waals surface area (Å²) in [5.74, 6) is -1.19. The summed E-state index contributed by atoms with van der Waals surface area (Å²) < 4.78 is 24.0. The Morgan fingerprint density at radius 2 is 1.84 bits per heavy atom. The van der Waals surface area contributed by atoms with Gasteiger partial charge >= 0.3 is 0 Å². The lowest BCUT2D eigenvalue weighted by atomic mass is 10.1. The van der Waals surface area contributed by atoms with Crippen molar-refractivity contribution in [2.75, 3.05) is 12.3 Å². The molecule has 7 heteroatoms. The van der Waals surface area contributed by atoms with Crippen molar-refractivity contribution in [3.05, 3.63) is 29.3 Å². The van der Waals surface area contributed by atoms with E-state index in [2.05, 4.69) is 5.32 Å². The zero-order valence-electron chi connectivity index (χ0n) is 10.8. The third-order valence-corrected chi connectivity index (χ3v) is 4.37. The minimum atomic E-state index is -3.67. The number of nitrogens with one attached hydrogen (secondary N) is 1. The second-order valence-electron chi connectivity index (χ2n) is 4.85. The van der Waals surface area contributed by atoms with E-state index >= 15 is 0 Å². The Kier molecular flexibility index (Phi) is 4.95. The molecule has 0 aliphatic carbocycles. The normalized spacial score (nSPS) is 12.2. The van der Waals surface area contributed by atoms with E-state index in [1.165, 1.54) is 24.3 Å². The van der Waals surface area contributed by atoms with Gasteiger partial charge in [0.1, 0.15) is 5.75 Å². The highest BCUT2D eigenvalue weighted by Gasteiger charge is 2.24. The van der Waals surface area contributed by atoms with Crippen LogP contribution in [-0.2, 0) is 14.6 Å². The van der Waals surface area contributed by atoms with E-state index in [1.807, 2.05) is 0 Å². The first-order valence-corrected chi connectivity index (χ1v) is 7.69.